The van der Waals surface area contributed by atoms with Crippen LogP contribution in [0, 0.1) is 0 Å². The molecule has 0 radical (unpaired) electrons. The first-order valence-electron chi connectivity index (χ1n) is 9.44. The summed E-state index contributed by atoms with van der Waals surface area (Å²) in [6, 6.07) is 12.4. The summed E-state index contributed by atoms with van der Waals surface area (Å²) in [5, 5.41) is 12.9. The van der Waals surface area contributed by atoms with Crippen molar-refractivity contribution in [1.82, 2.24) is 29.9 Å². The van der Waals surface area contributed by atoms with Crippen molar-refractivity contribution in [2.45, 2.75) is 11.5 Å². The van der Waals surface area contributed by atoms with Gasteiger partial charge in [-0.2, -0.15) is 15.2 Å². The molecule has 0 aliphatic carbocycles. The summed E-state index contributed by atoms with van der Waals surface area (Å²) in [5.74, 6) is 0.909. The third-order valence-corrected chi connectivity index (χ3v) is 6.14. The van der Waals surface area contributed by atoms with Crippen molar-refractivity contribution in [2.24, 2.45) is 7.05 Å². The number of aromatic nitrogens is 6. The third kappa shape index (κ3) is 3.50. The maximum atomic E-state index is 11.7. The number of nitrogens with zero attached hydrogens (tertiary/aromatic N) is 5. The average molecular weight is 434 g/mol. The molecule has 1 N–H and O–H groups in total. The summed E-state index contributed by atoms with van der Waals surface area (Å²) in [5.41, 5.74) is 3.19. The standard InChI is InChI=1S/C21H18N6O3S/c1-27-20-17(11-23-27)21(30-12-13-6-8-14(9-7-13)31(2,28)29)25-19(24-20)15-4-3-5-18-16(15)10-22-26-18/h3-11H,12H2,1-2H3,(H,22,26). The van der Waals surface area contributed by atoms with Crippen LogP contribution >= 0.6 is 0 Å². The van der Waals surface area contributed by atoms with E-state index in [9.17, 15) is 8.42 Å². The van der Waals surface area contributed by atoms with Crippen molar-refractivity contribution in [3.8, 4) is 17.3 Å². The number of fused-ring (bicyclic) bond motifs is 2. The summed E-state index contributed by atoms with van der Waals surface area (Å²) < 4.78 is 31.0. The highest BCUT2D eigenvalue weighted by atomic mass is 32.2. The lowest BCUT2D eigenvalue weighted by molar-refractivity contribution is 0.298. The zero-order valence-corrected chi connectivity index (χ0v) is 17.6. The van der Waals surface area contributed by atoms with Crippen molar-refractivity contribution in [2.75, 3.05) is 6.26 Å². The van der Waals surface area contributed by atoms with Gasteiger partial charge in [-0.05, 0) is 23.8 Å². The molecule has 3 heterocycles. The summed E-state index contributed by atoms with van der Waals surface area (Å²) in [4.78, 5) is 9.62. The van der Waals surface area contributed by atoms with Gasteiger partial charge in [0.2, 0.25) is 5.88 Å². The average Bonchev–Trinajstić information content (AvgIpc) is 3.38. The van der Waals surface area contributed by atoms with Gasteiger partial charge in [0, 0.05) is 24.3 Å². The van der Waals surface area contributed by atoms with E-state index in [-0.39, 0.29) is 11.5 Å². The van der Waals surface area contributed by atoms with Gasteiger partial charge < -0.3 is 4.74 Å². The molecule has 0 atom stereocenters. The zero-order chi connectivity index (χ0) is 21.6. The second-order valence-electron chi connectivity index (χ2n) is 7.20. The largest absolute Gasteiger partial charge is 0.472 e. The number of aromatic amines is 1. The highest BCUT2D eigenvalue weighted by Gasteiger charge is 2.16. The Balaban J connectivity index is 1.53. The lowest BCUT2D eigenvalue weighted by atomic mass is 10.1. The number of sulfone groups is 1. The second-order valence-corrected chi connectivity index (χ2v) is 9.22. The number of hydrogen-bond acceptors (Lipinski definition) is 7. The van der Waals surface area contributed by atoms with Gasteiger partial charge in [-0.3, -0.25) is 9.78 Å². The van der Waals surface area contributed by atoms with Gasteiger partial charge >= 0.3 is 0 Å². The molecule has 0 spiro atoms. The number of rotatable bonds is 5. The van der Waals surface area contributed by atoms with Gasteiger partial charge in [0.25, 0.3) is 0 Å². The van der Waals surface area contributed by atoms with Gasteiger partial charge in [-0.25, -0.2) is 13.4 Å². The van der Waals surface area contributed by atoms with Gasteiger partial charge in [0.15, 0.2) is 21.3 Å². The fourth-order valence-corrected chi connectivity index (χ4v) is 4.00. The minimum Gasteiger partial charge on any atom is -0.472 e. The van der Waals surface area contributed by atoms with Crippen LogP contribution in [0.25, 0.3) is 33.3 Å². The maximum absolute atomic E-state index is 11.7. The topological polar surface area (TPSA) is 116 Å². The van der Waals surface area contributed by atoms with Crippen LogP contribution in [0.3, 0.4) is 0 Å². The number of nitrogens with one attached hydrogen (secondary N) is 1. The van der Waals surface area contributed by atoms with E-state index >= 15 is 0 Å². The molecule has 0 saturated heterocycles. The van der Waals surface area contributed by atoms with Crippen LogP contribution in [-0.4, -0.2) is 44.6 Å². The van der Waals surface area contributed by atoms with Crippen LogP contribution in [0.15, 0.2) is 59.8 Å². The van der Waals surface area contributed by atoms with E-state index in [4.69, 9.17) is 4.74 Å². The number of H-pyrrole nitrogens is 1. The van der Waals surface area contributed by atoms with E-state index in [1.807, 2.05) is 25.2 Å². The molecular formula is C21H18N6O3S. The Morgan fingerprint density at radius 1 is 1.03 bits per heavy atom. The first kappa shape index (κ1) is 19.2. The number of benzene rings is 2. The van der Waals surface area contributed by atoms with Crippen molar-refractivity contribution >= 4 is 31.8 Å². The zero-order valence-electron chi connectivity index (χ0n) is 16.8. The predicted octanol–water partition coefficient (Wildman–Crippen LogP) is 2.89. The predicted molar refractivity (Wildman–Crippen MR) is 115 cm³/mol. The molecule has 5 rings (SSSR count). The number of hydrogen-bond donors (Lipinski definition) is 1. The van der Waals surface area contributed by atoms with Crippen molar-refractivity contribution in [3.63, 3.8) is 0 Å². The van der Waals surface area contributed by atoms with Crippen LogP contribution in [0.4, 0.5) is 0 Å². The van der Waals surface area contributed by atoms with Crippen LogP contribution < -0.4 is 4.74 Å². The molecular weight excluding hydrogens is 416 g/mol. The van der Waals surface area contributed by atoms with Gasteiger partial charge in [-0.15, -0.1) is 0 Å². The monoisotopic (exact) mass is 434 g/mol. The Kier molecular flexibility index (Phi) is 4.44. The summed E-state index contributed by atoms with van der Waals surface area (Å²) in [6.07, 6.45) is 4.59. The van der Waals surface area contributed by atoms with Gasteiger partial charge in [0.05, 0.1) is 22.8 Å². The molecule has 0 saturated carbocycles. The second kappa shape index (κ2) is 7.17. The minimum absolute atomic E-state index is 0.223. The Labute approximate surface area is 177 Å². The quantitative estimate of drug-likeness (QED) is 0.452. The van der Waals surface area contributed by atoms with Gasteiger partial charge in [0.1, 0.15) is 12.0 Å². The van der Waals surface area contributed by atoms with E-state index in [1.54, 1.807) is 41.3 Å². The Morgan fingerprint density at radius 2 is 1.84 bits per heavy atom. The molecule has 9 nitrogen and oxygen atoms in total. The molecule has 0 aliphatic heterocycles. The van der Waals surface area contributed by atoms with Crippen molar-refractivity contribution in [1.29, 1.82) is 0 Å². The van der Waals surface area contributed by atoms with E-state index in [0.717, 1.165) is 22.0 Å². The summed E-state index contributed by atoms with van der Waals surface area (Å²) in [7, 11) is -1.43. The smallest absolute Gasteiger partial charge is 0.228 e. The molecule has 156 valence electrons. The third-order valence-electron chi connectivity index (χ3n) is 5.01. The number of ether oxygens (including phenoxy) is 1. The highest BCUT2D eigenvalue weighted by molar-refractivity contribution is 7.90. The Hall–Kier alpha value is -3.79. The van der Waals surface area contributed by atoms with Crippen LogP contribution in [0.5, 0.6) is 5.88 Å². The molecule has 0 amide bonds. The summed E-state index contributed by atoms with van der Waals surface area (Å²) in [6.45, 7) is 0.223. The van der Waals surface area contributed by atoms with E-state index in [2.05, 4.69) is 25.3 Å². The van der Waals surface area contributed by atoms with Crippen molar-refractivity contribution in [3.05, 3.63) is 60.4 Å². The van der Waals surface area contributed by atoms with Crippen molar-refractivity contribution < 1.29 is 13.2 Å². The summed E-state index contributed by atoms with van der Waals surface area (Å²) >= 11 is 0. The van der Waals surface area contributed by atoms with Crippen LogP contribution in [0.1, 0.15) is 5.56 Å². The van der Waals surface area contributed by atoms with Crippen LogP contribution in [0.2, 0.25) is 0 Å². The Morgan fingerprint density at radius 3 is 2.61 bits per heavy atom. The molecule has 5 aromatic rings. The SMILES string of the molecule is Cn1ncc2c(OCc3ccc(S(C)(=O)=O)cc3)nc(-c3cccc4[nH]ncc34)nc21. The molecule has 0 unspecified atom stereocenters. The van der Waals surface area contributed by atoms with Crippen LogP contribution in [-0.2, 0) is 23.5 Å². The molecule has 0 fully saturated rings. The molecule has 0 aliphatic rings. The minimum atomic E-state index is -3.24. The lowest BCUT2D eigenvalue weighted by Gasteiger charge is -2.10. The van der Waals surface area contributed by atoms with E-state index in [0.29, 0.717) is 22.7 Å². The molecule has 0 bridgehead atoms. The molecule has 3 aromatic heterocycles. The first-order valence-corrected chi connectivity index (χ1v) is 11.3. The van der Waals surface area contributed by atoms with E-state index < -0.39 is 9.84 Å². The normalized spacial score (nSPS) is 11.9. The highest BCUT2D eigenvalue weighted by Crippen LogP contribution is 2.30. The Bertz CT molecular complexity index is 1520. The van der Waals surface area contributed by atoms with E-state index in [1.165, 1.54) is 6.26 Å². The molecule has 2 aromatic carbocycles. The fraction of sp³-hybridized carbons (Fsp3) is 0.143. The lowest BCUT2D eigenvalue weighted by Crippen LogP contribution is -2.02. The number of aryl methyl sites for hydroxylation is 1. The molecule has 10 heteroatoms. The van der Waals surface area contributed by atoms with Gasteiger partial charge in [-0.1, -0.05) is 24.3 Å². The molecule has 31 heavy (non-hydrogen) atoms. The first-order chi connectivity index (χ1) is 14.9. The maximum Gasteiger partial charge on any atom is 0.228 e. The fourth-order valence-electron chi connectivity index (χ4n) is 3.37.